The van der Waals surface area contributed by atoms with E-state index in [-0.39, 0.29) is 5.82 Å². The Morgan fingerprint density at radius 2 is 2.00 bits per heavy atom. The van der Waals surface area contributed by atoms with Crippen molar-refractivity contribution >= 4 is 11.6 Å². The first-order valence-electron chi connectivity index (χ1n) is 6.54. The number of rotatable bonds is 3. The van der Waals surface area contributed by atoms with E-state index in [2.05, 4.69) is 10.1 Å². The molecule has 5 heteroatoms. The maximum Gasteiger partial charge on any atom is 0.167 e. The number of halogens is 2. The van der Waals surface area contributed by atoms with Crippen LogP contribution in [0.15, 0.2) is 47.2 Å². The van der Waals surface area contributed by atoms with E-state index >= 15 is 0 Å². The van der Waals surface area contributed by atoms with E-state index in [0.717, 1.165) is 11.1 Å². The number of aromatic nitrogens is 2. The molecule has 0 saturated carbocycles. The molecule has 3 nitrogen and oxygen atoms in total. The predicted octanol–water partition coefficient (Wildman–Crippen LogP) is 4.76. The zero-order valence-corrected chi connectivity index (χ0v) is 12.1. The first kappa shape index (κ1) is 13.8. The zero-order valence-electron chi connectivity index (χ0n) is 11.3. The summed E-state index contributed by atoms with van der Waals surface area (Å²) in [6.45, 7) is 1.91. The Morgan fingerprint density at radius 3 is 2.76 bits per heavy atom. The van der Waals surface area contributed by atoms with Gasteiger partial charge in [0.1, 0.15) is 11.5 Å². The molecule has 0 atom stereocenters. The van der Waals surface area contributed by atoms with E-state index in [9.17, 15) is 4.39 Å². The van der Waals surface area contributed by atoms with Gasteiger partial charge in [0.25, 0.3) is 0 Å². The minimum atomic E-state index is -0.208. The molecule has 0 aliphatic carbocycles. The summed E-state index contributed by atoms with van der Waals surface area (Å²) >= 11 is 5.91. The molecule has 1 aromatic carbocycles. The van der Waals surface area contributed by atoms with Gasteiger partial charge in [-0.05, 0) is 36.2 Å². The van der Waals surface area contributed by atoms with E-state index in [1.54, 1.807) is 36.7 Å². The molecule has 0 aliphatic rings. The summed E-state index contributed by atoms with van der Waals surface area (Å²) in [5.74, 6) is 0.375. The zero-order chi connectivity index (χ0) is 14.8. The van der Waals surface area contributed by atoms with Crippen molar-refractivity contribution in [1.82, 2.24) is 10.1 Å². The highest BCUT2D eigenvalue weighted by Gasteiger charge is 2.11. The molecule has 2 heterocycles. The molecule has 0 amide bonds. The van der Waals surface area contributed by atoms with Crippen LogP contribution in [-0.2, 0) is 6.42 Å². The molecule has 21 heavy (non-hydrogen) atoms. The maximum atomic E-state index is 13.5. The summed E-state index contributed by atoms with van der Waals surface area (Å²) in [5.41, 5.74) is 2.86. The summed E-state index contributed by atoms with van der Waals surface area (Å²) in [6.07, 6.45) is 3.84. The number of hydrogen-bond donors (Lipinski definition) is 0. The van der Waals surface area contributed by atoms with Gasteiger partial charge in [-0.2, -0.15) is 0 Å². The van der Waals surface area contributed by atoms with Gasteiger partial charge >= 0.3 is 0 Å². The van der Waals surface area contributed by atoms with Crippen LogP contribution in [0.2, 0.25) is 5.02 Å². The van der Waals surface area contributed by atoms with Crippen molar-refractivity contribution in [3.63, 3.8) is 0 Å². The average molecular weight is 303 g/mol. The number of nitrogens with zero attached hydrogens (tertiary/aromatic N) is 2. The van der Waals surface area contributed by atoms with Crippen molar-refractivity contribution in [3.05, 3.63) is 59.1 Å². The van der Waals surface area contributed by atoms with Gasteiger partial charge in [-0.25, -0.2) is 4.39 Å². The summed E-state index contributed by atoms with van der Waals surface area (Å²) < 4.78 is 18.9. The predicted molar refractivity (Wildman–Crippen MR) is 79.5 cm³/mol. The molecule has 0 radical (unpaired) electrons. The number of pyridine rings is 1. The van der Waals surface area contributed by atoms with Gasteiger partial charge in [-0.3, -0.25) is 4.98 Å². The minimum absolute atomic E-state index is 0.208. The Morgan fingerprint density at radius 1 is 1.14 bits per heavy atom. The van der Waals surface area contributed by atoms with Crippen LogP contribution in [0.25, 0.3) is 22.6 Å². The molecule has 0 unspecified atom stereocenters. The topological polar surface area (TPSA) is 38.9 Å². The third kappa shape index (κ3) is 2.81. The molecule has 0 fully saturated rings. The first-order chi connectivity index (χ1) is 10.2. The standard InChI is InChI=1S/C16H12ClFN2O/c1-2-10-5-11(3-4-14(10)18)16-7-15(20-21-16)12-6-13(17)9-19-8-12/h3-9H,2H2,1H3. The van der Waals surface area contributed by atoms with Gasteiger partial charge in [0.2, 0.25) is 0 Å². The molecule has 106 valence electrons. The summed E-state index contributed by atoms with van der Waals surface area (Å²) in [6, 6.07) is 8.44. The van der Waals surface area contributed by atoms with Crippen molar-refractivity contribution < 1.29 is 8.91 Å². The molecular weight excluding hydrogens is 291 g/mol. The van der Waals surface area contributed by atoms with Gasteiger partial charge in [0.05, 0.1) is 5.02 Å². The fourth-order valence-electron chi connectivity index (χ4n) is 2.10. The second-order valence-corrected chi connectivity index (χ2v) is 5.06. The van der Waals surface area contributed by atoms with Crippen LogP contribution in [0, 0.1) is 5.82 Å². The SMILES string of the molecule is CCc1cc(-c2cc(-c3cncc(Cl)c3)no2)ccc1F. The second-order valence-electron chi connectivity index (χ2n) is 4.63. The largest absolute Gasteiger partial charge is 0.356 e. The highest BCUT2D eigenvalue weighted by atomic mass is 35.5. The van der Waals surface area contributed by atoms with E-state index < -0.39 is 0 Å². The fraction of sp³-hybridized carbons (Fsp3) is 0.125. The van der Waals surface area contributed by atoms with Gasteiger partial charge in [-0.1, -0.05) is 23.7 Å². The quantitative estimate of drug-likeness (QED) is 0.700. The lowest BCUT2D eigenvalue weighted by atomic mass is 10.1. The Hall–Kier alpha value is -2.20. The van der Waals surface area contributed by atoms with Crippen LogP contribution >= 0.6 is 11.6 Å². The Kier molecular flexibility index (Phi) is 3.71. The summed E-state index contributed by atoms with van der Waals surface area (Å²) in [5, 5.41) is 4.55. The van der Waals surface area contributed by atoms with E-state index in [1.165, 1.54) is 6.07 Å². The van der Waals surface area contributed by atoms with Gasteiger partial charge in [-0.15, -0.1) is 0 Å². The van der Waals surface area contributed by atoms with E-state index in [4.69, 9.17) is 16.1 Å². The van der Waals surface area contributed by atoms with E-state index in [1.807, 2.05) is 6.92 Å². The summed E-state index contributed by atoms with van der Waals surface area (Å²) in [7, 11) is 0. The van der Waals surface area contributed by atoms with Gasteiger partial charge in [0.15, 0.2) is 5.76 Å². The molecule has 0 aliphatic heterocycles. The normalized spacial score (nSPS) is 10.8. The van der Waals surface area contributed by atoms with E-state index in [0.29, 0.717) is 28.5 Å². The third-order valence-electron chi connectivity index (χ3n) is 3.22. The monoisotopic (exact) mass is 302 g/mol. The molecular formula is C16H12ClFN2O. The van der Waals surface area contributed by atoms with Gasteiger partial charge in [0, 0.05) is 29.6 Å². The molecule has 0 N–H and O–H groups in total. The average Bonchev–Trinajstić information content (AvgIpc) is 2.97. The van der Waals surface area contributed by atoms with Crippen molar-refractivity contribution in [2.45, 2.75) is 13.3 Å². The highest BCUT2D eigenvalue weighted by molar-refractivity contribution is 6.30. The third-order valence-corrected chi connectivity index (χ3v) is 3.43. The Labute approximate surface area is 126 Å². The van der Waals surface area contributed by atoms with Crippen LogP contribution in [0.3, 0.4) is 0 Å². The molecule has 3 aromatic rings. The smallest absolute Gasteiger partial charge is 0.167 e. The summed E-state index contributed by atoms with van der Waals surface area (Å²) in [4.78, 5) is 4.02. The van der Waals surface area contributed by atoms with Crippen LogP contribution in [0.1, 0.15) is 12.5 Å². The van der Waals surface area contributed by atoms with Crippen LogP contribution in [-0.4, -0.2) is 10.1 Å². The van der Waals surface area contributed by atoms with Crippen molar-refractivity contribution in [2.24, 2.45) is 0 Å². The Balaban J connectivity index is 1.98. The molecule has 2 aromatic heterocycles. The van der Waals surface area contributed by atoms with Crippen molar-refractivity contribution in [2.75, 3.05) is 0 Å². The van der Waals surface area contributed by atoms with Crippen LogP contribution in [0.4, 0.5) is 4.39 Å². The lowest BCUT2D eigenvalue weighted by Gasteiger charge is -2.01. The minimum Gasteiger partial charge on any atom is -0.356 e. The molecule has 0 bridgehead atoms. The maximum absolute atomic E-state index is 13.5. The highest BCUT2D eigenvalue weighted by Crippen LogP contribution is 2.28. The number of benzene rings is 1. The molecule has 0 spiro atoms. The van der Waals surface area contributed by atoms with Crippen molar-refractivity contribution in [1.29, 1.82) is 0 Å². The molecule has 3 rings (SSSR count). The van der Waals surface area contributed by atoms with Crippen molar-refractivity contribution in [3.8, 4) is 22.6 Å². The Bertz CT molecular complexity index is 785. The number of aryl methyl sites for hydroxylation is 1. The number of hydrogen-bond acceptors (Lipinski definition) is 3. The first-order valence-corrected chi connectivity index (χ1v) is 6.91. The lowest BCUT2D eigenvalue weighted by Crippen LogP contribution is -1.88. The van der Waals surface area contributed by atoms with Gasteiger partial charge < -0.3 is 4.52 Å². The second kappa shape index (κ2) is 5.66. The lowest BCUT2D eigenvalue weighted by molar-refractivity contribution is 0.435. The van der Waals surface area contributed by atoms with Crippen LogP contribution < -0.4 is 0 Å². The molecule has 0 saturated heterocycles. The van der Waals surface area contributed by atoms with Crippen LogP contribution in [0.5, 0.6) is 0 Å². The fourth-order valence-corrected chi connectivity index (χ4v) is 2.27.